The zero-order valence-corrected chi connectivity index (χ0v) is 84.0. The molecule has 2 heterocycles. The van der Waals surface area contributed by atoms with E-state index >= 15 is 0 Å². The molecular weight excluding hydrogens is 1700 g/mol. The Morgan fingerprint density at radius 2 is 0.340 bits per heavy atom. The normalized spacial score (nSPS) is 10.3. The highest BCUT2D eigenvalue weighted by Crippen LogP contribution is 2.42. The van der Waals surface area contributed by atoms with Crippen molar-refractivity contribution < 1.29 is 8.78 Å². The first kappa shape index (κ1) is 131. The van der Waals surface area contributed by atoms with Gasteiger partial charge in [0.05, 0.1) is 11.4 Å². The Balaban J connectivity index is 0.000000383. The first-order valence-electron chi connectivity index (χ1n) is 48.4. The maximum Gasteiger partial charge on any atom is 0.123 e. The molecule has 2 aromatic heterocycles. The van der Waals surface area contributed by atoms with Gasteiger partial charge in [0.1, 0.15) is 11.6 Å². The van der Waals surface area contributed by atoms with E-state index in [0.29, 0.717) is 5.02 Å². The molecule has 0 amide bonds. The third-order valence-corrected chi connectivity index (χ3v) is 29.8. The van der Waals surface area contributed by atoms with Crippen LogP contribution >= 0.6 is 11.6 Å². The second-order valence-electron chi connectivity index (χ2n) is 39.6. The van der Waals surface area contributed by atoms with Gasteiger partial charge in [-0.25, -0.2) is 8.78 Å². The van der Waals surface area contributed by atoms with E-state index in [0.717, 1.165) is 100 Å². The lowest BCUT2D eigenvalue weighted by Crippen LogP contribution is -3.00. The summed E-state index contributed by atoms with van der Waals surface area (Å²) in [6.45, 7) is 4.11. The molecule has 0 aliphatic rings. The van der Waals surface area contributed by atoms with Crippen molar-refractivity contribution in [1.29, 1.82) is 0 Å². The molecule has 0 aliphatic carbocycles. The lowest BCUT2D eigenvalue weighted by Gasteiger charge is -2.62. The van der Waals surface area contributed by atoms with Crippen LogP contribution in [-0.2, 0) is 0 Å². The van der Waals surface area contributed by atoms with Gasteiger partial charge in [-0.3, -0.25) is 9.97 Å². The molecule has 9 rings (SSSR count). The van der Waals surface area contributed by atoms with Gasteiger partial charge >= 0.3 is 0 Å². The molecule has 0 fully saturated rings. The van der Waals surface area contributed by atoms with Crippen LogP contribution in [0.25, 0.3) is 89.3 Å². The number of benzene rings is 7. The van der Waals surface area contributed by atoms with Crippen molar-refractivity contribution in [2.75, 3.05) is 0 Å². The summed E-state index contributed by atoms with van der Waals surface area (Å²) in [6.07, 6.45) is -72.5. The molecule has 548 valence electrons. The molecule has 7 aromatic carbocycles. The molecule has 0 saturated heterocycles. The Labute approximate surface area is 962 Å². The molecule has 90 radical (unpaired) electrons. The van der Waals surface area contributed by atoms with Crippen LogP contribution in [0.3, 0.4) is 0 Å². The van der Waals surface area contributed by atoms with Crippen molar-refractivity contribution in [3.05, 3.63) is 216 Å². The Morgan fingerprint density at radius 3 is 0.524 bits per heavy atom. The van der Waals surface area contributed by atoms with Crippen LogP contribution in [0, 0.1) is 25.5 Å². The summed E-state index contributed by atoms with van der Waals surface area (Å²) in [6, 6.07) is 57.3. The number of aromatic nitrogens is 2. The lowest BCUT2D eigenvalue weighted by molar-refractivity contribution is 0.627. The SMILES string of the molecule is Cc1cc(-c2ccc(-c3ccccc3-c3cc(Cl)cc(-c4ccccc4-c4ccc(-c5cc(C)c(-c6ccc(F)cc6)cn5)cc4)c3)cc2)ncc1-c1ccc(F)cc1.[B]B([B])B([B])B(B([B])[B])B(B(B(B([B])[B])B([B])[B])B(B([B])[B])B([B])[B])B(B(B(B(B([B])[B])B([B])[B])B(B([B])[B])B([B])[B])B(B(B([B])[B])B([B])[B])B(B([B])[B])B([B])[B])B(B(B(B([B])[B])B([B])[B])B(B([B])[B])B([B])[B])B(B(B([B])[B])B([B])[B])B(B([B])[B])B([B])[B]. The molecule has 0 atom stereocenters. The van der Waals surface area contributed by atoms with E-state index in [9.17, 15) is 8.78 Å². The molecule has 0 unspecified atom stereocenters. The van der Waals surface area contributed by atoms with Crippen LogP contribution in [0.1, 0.15) is 11.1 Å². The summed E-state index contributed by atoms with van der Waals surface area (Å²) in [4.78, 5) is 9.54. The summed E-state index contributed by atoms with van der Waals surface area (Å²) < 4.78 is 27.0. The van der Waals surface area contributed by atoms with Gasteiger partial charge in [0.25, 0.3) is 0 Å². The highest BCUT2D eigenvalue weighted by molar-refractivity contribution is 8.42. The number of rotatable bonds is 50. The van der Waals surface area contributed by atoms with Crippen molar-refractivity contribution in [2.24, 2.45) is 0 Å². The smallest absolute Gasteiger partial charge is 0.123 e. The van der Waals surface area contributed by atoms with E-state index in [2.05, 4.69) is 129 Å². The summed E-state index contributed by atoms with van der Waals surface area (Å²) in [5, 5.41) is 0.656. The van der Waals surface area contributed by atoms with Crippen molar-refractivity contribution in [1.82, 2.24) is 9.97 Å². The first-order valence-corrected chi connectivity index (χ1v) is 48.8. The fraction of sp³-hybridized carbons (Fsp3) is 0.0370. The zero-order chi connectivity index (χ0) is 110. The standard InChI is InChI=1S/C54H37ClF2N2.B88/c1-34-27-53(58-32-51(34)38-19-23-45(56)24-20-38)40-15-11-36(12-16-40)47-7-3-5-9-49(47)42-29-43(31-44(55)30-42)50-10-6-4-8-48(50)37-13-17-41(18-14-37)54-28-35(2)52(33-59-54)39-21-25-46(57)26-22-39;1-46(2)68(45)79(67(43)44)85(80(69(47(3)4)48(5)6)70(49(7)8)50(9)10)88(86(81(71(51(11)12)52(13)14)72(53(15)16)54(17)18)82(73(55(19)20)56(21)22)74(57(23)24)58(25)26)87(83(75(59(27)28)60(29)30)76(61(31)32)62(33)34)84(77(63(35)36)64(37)38)78(65(39)40)66(41)42/h3-33H,1-2H3;. The molecule has 0 spiro atoms. The van der Waals surface area contributed by atoms with Crippen molar-refractivity contribution in [3.63, 3.8) is 0 Å². The molecule has 9 aromatic rings. The molecule has 0 bridgehead atoms. The zero-order valence-electron chi connectivity index (χ0n) is 83.2. The Kier molecular flexibility index (Phi) is 53.1. The number of hydrogen-bond acceptors (Lipinski definition) is 2. The van der Waals surface area contributed by atoms with Gasteiger partial charge in [-0.1, -0.05) is 133 Å². The number of nitrogens with zero attached hydrogens (tertiary/aromatic N) is 2. The fourth-order valence-corrected chi connectivity index (χ4v) is 23.7. The van der Waals surface area contributed by atoms with Crippen molar-refractivity contribution in [3.8, 4) is 89.3 Å². The van der Waals surface area contributed by atoms with E-state index in [4.69, 9.17) is 370 Å². The summed E-state index contributed by atoms with van der Waals surface area (Å²) >= 11 is 6.92. The summed E-state index contributed by atoms with van der Waals surface area (Å²) in [5.41, 5.74) is 18.4. The van der Waals surface area contributed by atoms with Gasteiger partial charge in [-0.2, -0.15) is 0 Å². The Hall–Kier alpha value is -1.30. The predicted molar refractivity (Wildman–Crippen MR) is 746 cm³/mol. The van der Waals surface area contributed by atoms with Gasteiger partial charge < -0.3 is 0 Å². The van der Waals surface area contributed by atoms with E-state index in [1.807, 2.05) is 24.5 Å². The van der Waals surface area contributed by atoms with E-state index in [1.54, 1.807) is 24.3 Å². The van der Waals surface area contributed by atoms with Gasteiger partial charge in [0, 0.05) is 662 Å². The average Bonchev–Trinajstić information content (AvgIpc) is 0.707. The van der Waals surface area contributed by atoms with Gasteiger partial charge in [0.2, 0.25) is 0 Å². The molecule has 0 N–H and O–H groups in total. The Morgan fingerprint density at radius 1 is 0.177 bits per heavy atom. The van der Waals surface area contributed by atoms with Crippen LogP contribution < -0.4 is 0 Å². The topological polar surface area (TPSA) is 25.8 Å². The monoisotopic (exact) mass is 1760 g/mol. The maximum absolute atomic E-state index is 13.5. The number of hydrogen-bond donors (Lipinski definition) is 0. The predicted octanol–water partition coefficient (Wildman–Crippen LogP) is -18.1. The van der Waals surface area contributed by atoms with Crippen LogP contribution in [0.2, 0.25) is 5.02 Å². The van der Waals surface area contributed by atoms with Crippen LogP contribution in [0.5, 0.6) is 0 Å². The minimum atomic E-state index is -2.10. The van der Waals surface area contributed by atoms with Crippen LogP contribution in [0.15, 0.2) is 188 Å². The lowest BCUT2D eigenvalue weighted by atomic mass is 8.19. The maximum atomic E-state index is 13.5. The van der Waals surface area contributed by atoms with Crippen LogP contribution in [0.4, 0.5) is 8.78 Å². The second kappa shape index (κ2) is 59.7. The molecule has 147 heavy (non-hydrogen) atoms. The molecule has 93 heteroatoms. The van der Waals surface area contributed by atoms with Crippen LogP contribution in [-0.4, -0.2) is 633 Å². The number of pyridine rings is 2. The fourth-order valence-electron chi connectivity index (χ4n) is 23.5. The molecule has 0 saturated carbocycles. The number of aryl methyl sites for hydroxylation is 2. The molecule has 0 aliphatic heterocycles. The molecular formula is C54H37B88ClF2N2. The highest BCUT2D eigenvalue weighted by Gasteiger charge is 2.67. The van der Waals surface area contributed by atoms with E-state index in [-0.39, 0.29) is 11.6 Å². The minimum absolute atomic E-state index is 0.254. The summed E-state index contributed by atoms with van der Waals surface area (Å²) in [7, 11) is 314. The van der Waals surface area contributed by atoms with E-state index in [1.165, 1.54) is 24.3 Å². The van der Waals surface area contributed by atoms with Gasteiger partial charge in [0.15, 0.2) is 0 Å². The quantitative estimate of drug-likeness (QED) is 0.0355. The van der Waals surface area contributed by atoms with Crippen molar-refractivity contribution >= 4 is 634 Å². The van der Waals surface area contributed by atoms with Gasteiger partial charge in [-0.15, -0.1) is 0 Å². The summed E-state index contributed by atoms with van der Waals surface area (Å²) in [5.74, 6) is -0.509. The first-order chi connectivity index (χ1) is 68.7. The highest BCUT2D eigenvalue weighted by atomic mass is 35.5. The van der Waals surface area contributed by atoms with Gasteiger partial charge in [-0.05, 0) is 135 Å². The third-order valence-electron chi connectivity index (χ3n) is 29.6. The third kappa shape index (κ3) is 33.0. The number of halogens is 3. The van der Waals surface area contributed by atoms with Crippen molar-refractivity contribution in [2.45, 2.75) is 13.8 Å². The second-order valence-corrected chi connectivity index (χ2v) is 40.0. The van der Waals surface area contributed by atoms with E-state index < -0.39 is 275 Å². The Bertz CT molecular complexity index is 4950. The minimum Gasteiger partial charge on any atom is -0.256 e. The molecule has 2 nitrogen and oxygen atoms in total. The largest absolute Gasteiger partial charge is 0.256 e. The average molecular weight is 1740 g/mol.